The second-order valence-corrected chi connectivity index (χ2v) is 10.8. The van der Waals surface area contributed by atoms with Gasteiger partial charge in [-0.25, -0.2) is 9.59 Å². The third-order valence-electron chi connectivity index (χ3n) is 6.05. The SMILES string of the molecule is Cn1c(O)c2n(c1=O)CCN(C(=O)[C@@H](COCc1ccccc1)NC(=O)C(C)(C)NC(=O)OC(C)(C)C)C2. The fraction of sp³-hybridized carbons (Fsp3) is 0.538. The largest absolute Gasteiger partial charge is 0.493 e. The summed E-state index contributed by atoms with van der Waals surface area (Å²) in [6.45, 7) is 8.62. The molecule has 2 heterocycles. The molecule has 12 heteroatoms. The molecule has 208 valence electrons. The number of nitrogens with one attached hydrogen (secondary N) is 2. The van der Waals surface area contributed by atoms with Gasteiger partial charge < -0.3 is 30.1 Å². The van der Waals surface area contributed by atoms with Gasteiger partial charge in [-0.3, -0.25) is 18.7 Å². The van der Waals surface area contributed by atoms with Crippen molar-refractivity contribution in [1.82, 2.24) is 24.7 Å². The van der Waals surface area contributed by atoms with E-state index in [1.54, 1.807) is 20.8 Å². The summed E-state index contributed by atoms with van der Waals surface area (Å²) < 4.78 is 13.6. The maximum Gasteiger partial charge on any atom is 0.408 e. The van der Waals surface area contributed by atoms with Gasteiger partial charge in [0.15, 0.2) is 0 Å². The van der Waals surface area contributed by atoms with Gasteiger partial charge in [-0.2, -0.15) is 0 Å². The zero-order valence-corrected chi connectivity index (χ0v) is 22.7. The summed E-state index contributed by atoms with van der Waals surface area (Å²) >= 11 is 0. The van der Waals surface area contributed by atoms with Crippen molar-refractivity contribution in [2.24, 2.45) is 7.05 Å². The lowest BCUT2D eigenvalue weighted by Crippen LogP contribution is -2.61. The fourth-order valence-corrected chi connectivity index (χ4v) is 3.97. The molecule has 1 aromatic carbocycles. The van der Waals surface area contributed by atoms with Crippen molar-refractivity contribution in [2.75, 3.05) is 13.2 Å². The van der Waals surface area contributed by atoms with Gasteiger partial charge in [0.05, 0.1) is 19.8 Å². The Morgan fingerprint density at radius 2 is 1.74 bits per heavy atom. The first-order chi connectivity index (χ1) is 17.7. The molecule has 1 aliphatic heterocycles. The molecule has 0 saturated heterocycles. The van der Waals surface area contributed by atoms with Crippen LogP contribution in [-0.4, -0.2) is 67.4 Å². The number of aromatic nitrogens is 2. The van der Waals surface area contributed by atoms with Crippen LogP contribution in [0.2, 0.25) is 0 Å². The van der Waals surface area contributed by atoms with E-state index in [9.17, 15) is 24.3 Å². The van der Waals surface area contributed by atoms with Gasteiger partial charge in [0.25, 0.3) is 0 Å². The van der Waals surface area contributed by atoms with Crippen LogP contribution < -0.4 is 16.3 Å². The van der Waals surface area contributed by atoms with E-state index in [-0.39, 0.29) is 44.4 Å². The Morgan fingerprint density at radius 1 is 1.08 bits per heavy atom. The zero-order valence-electron chi connectivity index (χ0n) is 22.7. The standard InChI is InChI=1S/C26H37N5O7/c1-25(2,3)38-23(35)28-26(4,5)22(34)27-18(16-37-15-17-10-8-7-9-11-17)20(32)30-12-13-31-19(14-30)21(33)29(6)24(31)36/h7-11,18,33H,12-16H2,1-6H3,(H,27,34)(H,28,35)/t18-/m1/s1. The summed E-state index contributed by atoms with van der Waals surface area (Å²) in [6, 6.07) is 8.29. The van der Waals surface area contributed by atoms with Crippen LogP contribution in [0.15, 0.2) is 35.1 Å². The van der Waals surface area contributed by atoms with E-state index in [1.165, 1.54) is 30.4 Å². The predicted octanol–water partition coefficient (Wildman–Crippen LogP) is 1.24. The van der Waals surface area contributed by atoms with Crippen LogP contribution in [0.3, 0.4) is 0 Å². The van der Waals surface area contributed by atoms with Crippen molar-refractivity contribution in [1.29, 1.82) is 0 Å². The Hall–Kier alpha value is -3.80. The molecule has 0 fully saturated rings. The van der Waals surface area contributed by atoms with Gasteiger partial charge in [0.2, 0.25) is 17.7 Å². The number of benzene rings is 1. The maximum absolute atomic E-state index is 13.6. The molecule has 1 aliphatic rings. The highest BCUT2D eigenvalue weighted by Gasteiger charge is 2.37. The Balaban J connectivity index is 1.75. The van der Waals surface area contributed by atoms with Gasteiger partial charge in [0.1, 0.15) is 22.9 Å². The minimum absolute atomic E-state index is 0.00858. The molecule has 1 atom stereocenters. The average molecular weight is 532 g/mol. The number of hydrogen-bond acceptors (Lipinski definition) is 7. The summed E-state index contributed by atoms with van der Waals surface area (Å²) in [5.41, 5.74) is -1.30. The highest BCUT2D eigenvalue weighted by molar-refractivity contribution is 5.93. The monoisotopic (exact) mass is 531 g/mol. The number of rotatable bonds is 8. The summed E-state index contributed by atoms with van der Waals surface area (Å²) in [6.07, 6.45) is -0.769. The van der Waals surface area contributed by atoms with Crippen molar-refractivity contribution in [3.8, 4) is 5.88 Å². The first kappa shape index (κ1) is 28.8. The molecular formula is C26H37N5O7. The highest BCUT2D eigenvalue weighted by atomic mass is 16.6. The number of carbonyl (C=O) groups excluding carboxylic acids is 3. The van der Waals surface area contributed by atoms with Crippen molar-refractivity contribution < 1.29 is 29.0 Å². The molecule has 0 bridgehead atoms. The summed E-state index contributed by atoms with van der Waals surface area (Å²) in [5.74, 6) is -1.26. The van der Waals surface area contributed by atoms with Crippen LogP contribution in [0.5, 0.6) is 5.88 Å². The maximum atomic E-state index is 13.6. The van der Waals surface area contributed by atoms with Crippen LogP contribution in [0.1, 0.15) is 45.9 Å². The smallest absolute Gasteiger partial charge is 0.408 e. The molecule has 1 aromatic heterocycles. The number of amides is 3. The third kappa shape index (κ3) is 6.94. The Kier molecular flexibility index (Phi) is 8.55. The van der Waals surface area contributed by atoms with E-state index in [4.69, 9.17) is 9.47 Å². The normalized spacial score (nSPS) is 14.4. The van der Waals surface area contributed by atoms with E-state index < -0.39 is 35.1 Å². The minimum Gasteiger partial charge on any atom is -0.493 e. The molecule has 0 spiro atoms. The van der Waals surface area contributed by atoms with Crippen molar-refractivity contribution in [3.63, 3.8) is 0 Å². The third-order valence-corrected chi connectivity index (χ3v) is 6.05. The van der Waals surface area contributed by atoms with E-state index in [2.05, 4.69) is 10.6 Å². The van der Waals surface area contributed by atoms with Crippen LogP contribution in [0.4, 0.5) is 4.79 Å². The molecule has 2 aromatic rings. The van der Waals surface area contributed by atoms with Gasteiger partial charge in [-0.1, -0.05) is 30.3 Å². The van der Waals surface area contributed by atoms with Crippen molar-refractivity contribution in [2.45, 2.75) is 71.5 Å². The molecule has 12 nitrogen and oxygen atoms in total. The lowest BCUT2D eigenvalue weighted by Gasteiger charge is -2.33. The quantitative estimate of drug-likeness (QED) is 0.465. The number of nitrogens with zero attached hydrogens (tertiary/aromatic N) is 3. The van der Waals surface area contributed by atoms with Crippen molar-refractivity contribution in [3.05, 3.63) is 52.1 Å². The number of imidazole rings is 1. The van der Waals surface area contributed by atoms with Crippen molar-refractivity contribution >= 4 is 17.9 Å². The lowest BCUT2D eigenvalue weighted by molar-refractivity contribution is -0.141. The van der Waals surface area contributed by atoms with Crippen LogP contribution in [0.25, 0.3) is 0 Å². The average Bonchev–Trinajstić information content (AvgIpc) is 3.05. The van der Waals surface area contributed by atoms with Gasteiger partial charge in [0, 0.05) is 20.1 Å². The molecule has 0 radical (unpaired) electrons. The van der Waals surface area contributed by atoms with Crippen LogP contribution in [0, 0.1) is 0 Å². The number of hydrogen-bond donors (Lipinski definition) is 3. The Morgan fingerprint density at radius 3 is 2.37 bits per heavy atom. The molecular weight excluding hydrogens is 494 g/mol. The molecule has 0 unspecified atom stereocenters. The van der Waals surface area contributed by atoms with Gasteiger partial charge >= 0.3 is 11.8 Å². The summed E-state index contributed by atoms with van der Waals surface area (Å²) in [4.78, 5) is 52.8. The van der Waals surface area contributed by atoms with Crippen LogP contribution in [-0.2, 0) is 45.8 Å². The molecule has 3 rings (SSSR count). The molecule has 38 heavy (non-hydrogen) atoms. The summed E-state index contributed by atoms with van der Waals surface area (Å²) in [5, 5.41) is 15.6. The Bertz CT molecular complexity index is 1230. The second kappa shape index (κ2) is 11.3. The number of ether oxygens (including phenoxy) is 2. The van der Waals surface area contributed by atoms with E-state index in [1.807, 2.05) is 30.3 Å². The van der Waals surface area contributed by atoms with E-state index >= 15 is 0 Å². The molecule has 0 aliphatic carbocycles. The highest BCUT2D eigenvalue weighted by Crippen LogP contribution is 2.21. The molecule has 0 saturated carbocycles. The fourth-order valence-electron chi connectivity index (χ4n) is 3.97. The lowest BCUT2D eigenvalue weighted by atomic mass is 10.0. The first-order valence-corrected chi connectivity index (χ1v) is 12.4. The summed E-state index contributed by atoms with van der Waals surface area (Å²) in [7, 11) is 1.45. The van der Waals surface area contributed by atoms with Gasteiger partial charge in [-0.15, -0.1) is 0 Å². The van der Waals surface area contributed by atoms with E-state index in [0.717, 1.165) is 10.1 Å². The van der Waals surface area contributed by atoms with Crippen LogP contribution >= 0.6 is 0 Å². The Labute approximate surface area is 221 Å². The minimum atomic E-state index is -1.40. The van der Waals surface area contributed by atoms with E-state index in [0.29, 0.717) is 5.69 Å². The zero-order chi connectivity index (χ0) is 28.3. The molecule has 3 N–H and O–H groups in total. The molecule has 3 amide bonds. The van der Waals surface area contributed by atoms with Gasteiger partial charge in [-0.05, 0) is 40.2 Å². The number of fused-ring (bicyclic) bond motifs is 1. The topological polar surface area (TPSA) is 144 Å². The first-order valence-electron chi connectivity index (χ1n) is 12.4. The number of alkyl carbamates (subject to hydrolysis) is 1. The second-order valence-electron chi connectivity index (χ2n) is 10.8. The number of carbonyl (C=O) groups is 3. The number of aromatic hydroxyl groups is 1. The predicted molar refractivity (Wildman–Crippen MR) is 138 cm³/mol.